The molecule has 9 heteroatoms. The Kier molecular flexibility index (Phi) is 7.66. The number of aromatic amines is 1. The second-order valence-corrected chi connectivity index (χ2v) is 10.5. The van der Waals surface area contributed by atoms with Crippen LogP contribution in [0.25, 0.3) is 10.9 Å². The Hall–Kier alpha value is -5.02. The number of nitrogens with zero attached hydrogens (tertiary/aromatic N) is 5. The minimum atomic E-state index is -0.578. The smallest absolute Gasteiger partial charge is 0.253 e. The maximum atomic E-state index is 14.0. The summed E-state index contributed by atoms with van der Waals surface area (Å²) in [4.78, 5) is 19.4. The van der Waals surface area contributed by atoms with Gasteiger partial charge >= 0.3 is 0 Å². The van der Waals surface area contributed by atoms with E-state index < -0.39 is 6.04 Å². The number of tetrazole rings is 1. The predicted octanol–water partition coefficient (Wildman–Crippen LogP) is 5.57. The normalized spacial score (nSPS) is 12.2. The molecular formula is C33H32N6O3. The van der Waals surface area contributed by atoms with Crippen LogP contribution in [0.1, 0.15) is 45.4 Å². The number of rotatable bonds is 10. The first-order chi connectivity index (χ1) is 20.5. The minimum Gasteiger partial charge on any atom is -0.497 e. The molecule has 0 fully saturated rings. The third-order valence-electron chi connectivity index (χ3n) is 7.60. The van der Waals surface area contributed by atoms with E-state index >= 15 is 0 Å². The van der Waals surface area contributed by atoms with Gasteiger partial charge in [-0.3, -0.25) is 9.69 Å². The summed E-state index contributed by atoms with van der Waals surface area (Å²) in [7, 11) is 1.65. The van der Waals surface area contributed by atoms with Crippen molar-refractivity contribution in [3.05, 3.63) is 141 Å². The number of aryl methyl sites for hydroxylation is 2. The van der Waals surface area contributed by atoms with Crippen LogP contribution in [-0.4, -0.2) is 37.2 Å². The quantitative estimate of drug-likeness (QED) is 0.234. The Bertz CT molecular complexity index is 1840. The summed E-state index contributed by atoms with van der Waals surface area (Å²) in [5.74, 6) is 2.04. The van der Waals surface area contributed by atoms with Crippen LogP contribution < -0.4 is 10.3 Å². The van der Waals surface area contributed by atoms with Gasteiger partial charge in [-0.25, -0.2) is 4.68 Å². The molecule has 3 aromatic carbocycles. The average molecular weight is 561 g/mol. The SMILES string of the molecule is COc1ccc(CN(Cc2ccccc2)C(c2cc3c(C)ccc(C)c3[nH]c2=O)c2nnnn2Cc2ccco2)cc1. The highest BCUT2D eigenvalue weighted by Gasteiger charge is 2.31. The standard InChI is InChI=1S/C33H32N6O3/c1-22-11-12-23(2)30-28(22)18-29(33(40)34-30)31(32-35-36-37-39(32)21-27-10-7-17-42-27)38(19-24-8-5-4-6-9-24)20-25-13-15-26(41-3)16-14-25/h4-18,31H,19-21H2,1-3H3,(H,34,40). The first-order valence-electron chi connectivity index (χ1n) is 13.8. The Labute approximate surface area is 243 Å². The maximum Gasteiger partial charge on any atom is 0.253 e. The minimum absolute atomic E-state index is 0.179. The number of pyridine rings is 1. The van der Waals surface area contributed by atoms with Crippen LogP contribution in [0.15, 0.2) is 100 Å². The molecule has 0 bridgehead atoms. The summed E-state index contributed by atoms with van der Waals surface area (Å²) in [6, 6.07) is 27.4. The van der Waals surface area contributed by atoms with E-state index in [1.807, 2.05) is 73.7 Å². The topological polar surface area (TPSA) is 102 Å². The van der Waals surface area contributed by atoms with E-state index in [-0.39, 0.29) is 5.56 Å². The van der Waals surface area contributed by atoms with E-state index in [0.717, 1.165) is 38.9 Å². The highest BCUT2D eigenvalue weighted by atomic mass is 16.5. The van der Waals surface area contributed by atoms with Gasteiger partial charge in [0.05, 0.1) is 18.9 Å². The number of fused-ring (bicyclic) bond motifs is 1. The maximum absolute atomic E-state index is 14.0. The zero-order valence-corrected chi connectivity index (χ0v) is 23.8. The fourth-order valence-corrected chi connectivity index (χ4v) is 5.39. The van der Waals surface area contributed by atoms with Crippen LogP contribution in [0.3, 0.4) is 0 Å². The molecule has 6 aromatic rings. The molecule has 1 N–H and O–H groups in total. The Morgan fingerprint density at radius 3 is 2.38 bits per heavy atom. The van der Waals surface area contributed by atoms with Crippen molar-refractivity contribution < 1.29 is 9.15 Å². The number of H-pyrrole nitrogens is 1. The van der Waals surface area contributed by atoms with Gasteiger partial charge in [-0.2, -0.15) is 0 Å². The molecule has 42 heavy (non-hydrogen) atoms. The van der Waals surface area contributed by atoms with E-state index in [1.165, 1.54) is 0 Å². The lowest BCUT2D eigenvalue weighted by atomic mass is 9.98. The number of aromatic nitrogens is 5. The molecule has 0 amide bonds. The molecule has 3 heterocycles. The van der Waals surface area contributed by atoms with Crippen molar-refractivity contribution in [2.45, 2.75) is 39.5 Å². The molecule has 0 saturated heterocycles. The second-order valence-electron chi connectivity index (χ2n) is 10.5. The van der Waals surface area contributed by atoms with Gasteiger partial charge < -0.3 is 14.1 Å². The summed E-state index contributed by atoms with van der Waals surface area (Å²) in [5, 5.41) is 13.9. The fourth-order valence-electron chi connectivity index (χ4n) is 5.39. The lowest BCUT2D eigenvalue weighted by molar-refractivity contribution is 0.193. The molecule has 0 aliphatic heterocycles. The predicted molar refractivity (Wildman–Crippen MR) is 160 cm³/mol. The molecular weight excluding hydrogens is 528 g/mol. The Morgan fingerprint density at radius 1 is 0.929 bits per heavy atom. The van der Waals surface area contributed by atoms with Crippen molar-refractivity contribution in [3.63, 3.8) is 0 Å². The summed E-state index contributed by atoms with van der Waals surface area (Å²) in [6.07, 6.45) is 1.63. The van der Waals surface area contributed by atoms with Crippen LogP contribution >= 0.6 is 0 Å². The van der Waals surface area contributed by atoms with Gasteiger partial charge in [-0.05, 0) is 76.9 Å². The first-order valence-corrected chi connectivity index (χ1v) is 13.8. The molecule has 0 spiro atoms. The largest absolute Gasteiger partial charge is 0.497 e. The van der Waals surface area contributed by atoms with Gasteiger partial charge in [-0.15, -0.1) is 5.10 Å². The molecule has 9 nitrogen and oxygen atoms in total. The molecule has 0 saturated carbocycles. The van der Waals surface area contributed by atoms with E-state index in [1.54, 1.807) is 18.1 Å². The number of hydrogen-bond acceptors (Lipinski definition) is 7. The molecule has 1 unspecified atom stereocenters. The Morgan fingerprint density at radius 2 is 1.67 bits per heavy atom. The second kappa shape index (κ2) is 11.8. The number of ether oxygens (including phenoxy) is 1. The third-order valence-corrected chi connectivity index (χ3v) is 7.60. The van der Waals surface area contributed by atoms with Gasteiger partial charge in [-0.1, -0.05) is 54.6 Å². The van der Waals surface area contributed by atoms with Crippen LogP contribution in [-0.2, 0) is 19.6 Å². The zero-order chi connectivity index (χ0) is 29.1. The van der Waals surface area contributed by atoms with Crippen LogP contribution in [0.5, 0.6) is 5.75 Å². The van der Waals surface area contributed by atoms with E-state index in [0.29, 0.717) is 36.8 Å². The number of nitrogens with one attached hydrogen (secondary N) is 1. The van der Waals surface area contributed by atoms with Crippen molar-refractivity contribution >= 4 is 10.9 Å². The van der Waals surface area contributed by atoms with E-state index in [2.05, 4.69) is 50.5 Å². The summed E-state index contributed by atoms with van der Waals surface area (Å²) >= 11 is 0. The van der Waals surface area contributed by atoms with Crippen LogP contribution in [0.2, 0.25) is 0 Å². The Balaban J connectivity index is 1.54. The number of methoxy groups -OCH3 is 1. The van der Waals surface area contributed by atoms with Crippen molar-refractivity contribution in [3.8, 4) is 5.75 Å². The van der Waals surface area contributed by atoms with Crippen molar-refractivity contribution in [2.24, 2.45) is 0 Å². The fraction of sp³-hybridized carbons (Fsp3) is 0.212. The molecule has 212 valence electrons. The van der Waals surface area contributed by atoms with Gasteiger partial charge in [0.15, 0.2) is 5.82 Å². The highest BCUT2D eigenvalue weighted by molar-refractivity contribution is 5.85. The monoisotopic (exact) mass is 560 g/mol. The van der Waals surface area contributed by atoms with Crippen molar-refractivity contribution in [1.29, 1.82) is 0 Å². The molecule has 1 atom stereocenters. The highest BCUT2D eigenvalue weighted by Crippen LogP contribution is 2.32. The summed E-state index contributed by atoms with van der Waals surface area (Å²) < 4.78 is 12.7. The number of furan rings is 1. The molecule has 0 radical (unpaired) electrons. The first kappa shape index (κ1) is 27.2. The average Bonchev–Trinajstić information content (AvgIpc) is 3.69. The number of benzene rings is 3. The number of hydrogen-bond donors (Lipinski definition) is 1. The molecule has 3 aromatic heterocycles. The van der Waals surface area contributed by atoms with Crippen LogP contribution in [0, 0.1) is 13.8 Å². The third kappa shape index (κ3) is 5.59. The van der Waals surface area contributed by atoms with E-state index in [9.17, 15) is 4.79 Å². The van der Waals surface area contributed by atoms with Gasteiger partial charge in [0, 0.05) is 24.0 Å². The lowest BCUT2D eigenvalue weighted by Gasteiger charge is -2.31. The molecule has 0 aliphatic rings. The zero-order valence-electron chi connectivity index (χ0n) is 23.8. The van der Waals surface area contributed by atoms with Gasteiger partial charge in [0.25, 0.3) is 5.56 Å². The summed E-state index contributed by atoms with van der Waals surface area (Å²) in [5.41, 5.74) is 5.47. The van der Waals surface area contributed by atoms with Crippen molar-refractivity contribution in [2.75, 3.05) is 7.11 Å². The lowest BCUT2D eigenvalue weighted by Crippen LogP contribution is -2.35. The molecule has 0 aliphatic carbocycles. The summed E-state index contributed by atoms with van der Waals surface area (Å²) in [6.45, 7) is 5.47. The van der Waals surface area contributed by atoms with E-state index in [4.69, 9.17) is 9.15 Å². The molecule has 6 rings (SSSR count). The van der Waals surface area contributed by atoms with Crippen molar-refractivity contribution in [1.82, 2.24) is 30.1 Å². The van der Waals surface area contributed by atoms with Gasteiger partial charge in [0.1, 0.15) is 24.1 Å². The van der Waals surface area contributed by atoms with Gasteiger partial charge in [0.2, 0.25) is 0 Å². The van der Waals surface area contributed by atoms with Crippen LogP contribution in [0.4, 0.5) is 0 Å².